The summed E-state index contributed by atoms with van der Waals surface area (Å²) in [6, 6.07) is 5.52. The van der Waals surface area contributed by atoms with E-state index in [0.717, 1.165) is 11.3 Å². The molecule has 2 aromatic rings. The Morgan fingerprint density at radius 1 is 1.53 bits per heavy atom. The molecule has 0 fully saturated rings. The second-order valence-electron chi connectivity index (χ2n) is 3.96. The molecule has 19 heavy (non-hydrogen) atoms. The van der Waals surface area contributed by atoms with Crippen molar-refractivity contribution in [2.75, 3.05) is 11.9 Å². The third-order valence-corrected chi connectivity index (χ3v) is 3.15. The number of benzene rings is 1. The molecule has 0 aliphatic heterocycles. The number of aromatic amines is 1. The van der Waals surface area contributed by atoms with Crippen LogP contribution in [-0.4, -0.2) is 22.7 Å². The summed E-state index contributed by atoms with van der Waals surface area (Å²) in [5.41, 5.74) is 2.09. The number of amides is 1. The normalized spacial score (nSPS) is 10.3. The molecular formula is C13H14BrN3O2. The van der Waals surface area contributed by atoms with Crippen LogP contribution in [0.4, 0.5) is 5.69 Å². The van der Waals surface area contributed by atoms with Crippen LogP contribution in [0, 0.1) is 6.92 Å². The van der Waals surface area contributed by atoms with Gasteiger partial charge >= 0.3 is 0 Å². The number of rotatable bonds is 4. The lowest BCUT2D eigenvalue weighted by molar-refractivity contribution is 0.102. The fourth-order valence-corrected chi connectivity index (χ4v) is 2.04. The lowest BCUT2D eigenvalue weighted by atomic mass is 10.2. The molecular weight excluding hydrogens is 310 g/mol. The summed E-state index contributed by atoms with van der Waals surface area (Å²) in [4.78, 5) is 12.0. The topological polar surface area (TPSA) is 67.0 Å². The van der Waals surface area contributed by atoms with Gasteiger partial charge in [-0.2, -0.15) is 5.10 Å². The fourth-order valence-electron chi connectivity index (χ4n) is 1.67. The molecule has 1 amide bonds. The fraction of sp³-hybridized carbons (Fsp3) is 0.231. The number of hydrogen-bond acceptors (Lipinski definition) is 3. The molecule has 0 bridgehead atoms. The average molecular weight is 324 g/mol. The Labute approximate surface area is 119 Å². The van der Waals surface area contributed by atoms with Gasteiger partial charge in [0, 0.05) is 5.69 Å². The zero-order valence-electron chi connectivity index (χ0n) is 10.7. The van der Waals surface area contributed by atoms with Crippen LogP contribution in [0.15, 0.2) is 28.9 Å². The number of aromatic nitrogens is 2. The molecule has 2 N–H and O–H groups in total. The molecule has 0 spiro atoms. The van der Waals surface area contributed by atoms with Gasteiger partial charge in [-0.15, -0.1) is 0 Å². The van der Waals surface area contributed by atoms with E-state index in [-0.39, 0.29) is 5.91 Å². The molecule has 0 unspecified atom stereocenters. The number of aryl methyl sites for hydroxylation is 1. The van der Waals surface area contributed by atoms with Gasteiger partial charge in [0.25, 0.3) is 5.91 Å². The van der Waals surface area contributed by atoms with Gasteiger partial charge in [-0.05, 0) is 53.5 Å². The number of carbonyl (C=O) groups excluding carboxylic acids is 1. The third-order valence-electron chi connectivity index (χ3n) is 2.55. The van der Waals surface area contributed by atoms with Gasteiger partial charge in [-0.3, -0.25) is 9.89 Å². The second-order valence-corrected chi connectivity index (χ2v) is 4.81. The van der Waals surface area contributed by atoms with Crippen molar-refractivity contribution in [2.24, 2.45) is 0 Å². The molecule has 0 aliphatic rings. The largest absolute Gasteiger partial charge is 0.494 e. The molecule has 100 valence electrons. The molecule has 1 heterocycles. The summed E-state index contributed by atoms with van der Waals surface area (Å²) < 4.78 is 6.08. The lowest BCUT2D eigenvalue weighted by Crippen LogP contribution is -2.13. The van der Waals surface area contributed by atoms with Crippen molar-refractivity contribution in [1.29, 1.82) is 0 Å². The minimum atomic E-state index is -0.243. The van der Waals surface area contributed by atoms with Gasteiger partial charge in [-0.25, -0.2) is 0 Å². The van der Waals surface area contributed by atoms with Crippen LogP contribution in [0.5, 0.6) is 5.75 Å². The first-order valence-corrected chi connectivity index (χ1v) is 6.64. The number of carbonyl (C=O) groups is 1. The van der Waals surface area contributed by atoms with Crippen molar-refractivity contribution >= 4 is 27.5 Å². The monoisotopic (exact) mass is 323 g/mol. The zero-order chi connectivity index (χ0) is 13.8. The molecule has 0 saturated heterocycles. The highest BCUT2D eigenvalue weighted by molar-refractivity contribution is 9.10. The van der Waals surface area contributed by atoms with Crippen molar-refractivity contribution in [3.63, 3.8) is 0 Å². The number of ether oxygens (including phenoxy) is 1. The van der Waals surface area contributed by atoms with Crippen LogP contribution in [0.25, 0.3) is 0 Å². The summed E-state index contributed by atoms with van der Waals surface area (Å²) >= 11 is 3.25. The number of halogens is 1. The van der Waals surface area contributed by atoms with E-state index in [1.54, 1.807) is 12.3 Å². The third kappa shape index (κ3) is 3.14. The summed E-state index contributed by atoms with van der Waals surface area (Å²) in [5.74, 6) is 0.580. The maximum absolute atomic E-state index is 12.0. The first kappa shape index (κ1) is 13.6. The van der Waals surface area contributed by atoms with Crippen molar-refractivity contribution in [3.8, 4) is 5.75 Å². The Kier molecular flexibility index (Phi) is 4.21. The minimum absolute atomic E-state index is 0.243. The molecule has 2 rings (SSSR count). The molecule has 1 aromatic heterocycles. The number of anilines is 1. The summed E-state index contributed by atoms with van der Waals surface area (Å²) in [6.07, 6.45) is 1.54. The van der Waals surface area contributed by atoms with Crippen molar-refractivity contribution in [3.05, 3.63) is 40.1 Å². The van der Waals surface area contributed by atoms with Crippen molar-refractivity contribution < 1.29 is 9.53 Å². The first-order valence-electron chi connectivity index (χ1n) is 5.85. The lowest BCUT2D eigenvalue weighted by Gasteiger charge is -2.09. The summed E-state index contributed by atoms with van der Waals surface area (Å²) in [5, 5.41) is 9.23. The Morgan fingerprint density at radius 3 is 2.89 bits per heavy atom. The number of hydrogen-bond donors (Lipinski definition) is 2. The van der Waals surface area contributed by atoms with Gasteiger partial charge in [0.2, 0.25) is 0 Å². The van der Waals surface area contributed by atoms with Crippen LogP contribution in [0.3, 0.4) is 0 Å². The first-order chi connectivity index (χ1) is 9.11. The Hall–Kier alpha value is -1.82. The quantitative estimate of drug-likeness (QED) is 0.908. The highest BCUT2D eigenvalue weighted by Crippen LogP contribution is 2.22. The highest BCUT2D eigenvalue weighted by atomic mass is 79.9. The predicted octanol–water partition coefficient (Wildman–Crippen LogP) is 3.13. The van der Waals surface area contributed by atoms with Crippen LogP contribution in [-0.2, 0) is 0 Å². The standard InChI is InChI=1S/C13H14BrN3O2/c1-3-19-11-5-4-9(6-8(11)2)16-13(18)12-10(14)7-15-17-12/h4-7H,3H2,1-2H3,(H,15,17)(H,16,18). The molecule has 0 aliphatic carbocycles. The molecule has 0 saturated carbocycles. The van der Waals surface area contributed by atoms with E-state index >= 15 is 0 Å². The van der Waals surface area contributed by atoms with E-state index in [1.807, 2.05) is 26.0 Å². The Morgan fingerprint density at radius 2 is 2.32 bits per heavy atom. The zero-order valence-corrected chi connectivity index (χ0v) is 12.2. The predicted molar refractivity (Wildman–Crippen MR) is 76.6 cm³/mol. The highest BCUT2D eigenvalue weighted by Gasteiger charge is 2.12. The van der Waals surface area contributed by atoms with Crippen molar-refractivity contribution in [1.82, 2.24) is 10.2 Å². The van der Waals surface area contributed by atoms with E-state index in [9.17, 15) is 4.79 Å². The second kappa shape index (κ2) is 5.88. The average Bonchev–Trinajstić information content (AvgIpc) is 2.79. The van der Waals surface area contributed by atoms with Gasteiger partial charge < -0.3 is 10.1 Å². The van der Waals surface area contributed by atoms with Crippen LogP contribution in [0.1, 0.15) is 23.0 Å². The van der Waals surface area contributed by atoms with Gasteiger partial charge in [0.1, 0.15) is 11.4 Å². The molecule has 6 heteroatoms. The van der Waals surface area contributed by atoms with Crippen LogP contribution in [0.2, 0.25) is 0 Å². The van der Waals surface area contributed by atoms with Gasteiger partial charge in [-0.1, -0.05) is 0 Å². The van der Waals surface area contributed by atoms with E-state index < -0.39 is 0 Å². The van der Waals surface area contributed by atoms with E-state index in [1.165, 1.54) is 0 Å². The SMILES string of the molecule is CCOc1ccc(NC(=O)c2[nH]ncc2Br)cc1C. The maximum atomic E-state index is 12.0. The molecule has 0 atom stereocenters. The van der Waals surface area contributed by atoms with E-state index in [2.05, 4.69) is 31.4 Å². The van der Waals surface area contributed by atoms with Crippen LogP contribution < -0.4 is 10.1 Å². The van der Waals surface area contributed by atoms with Crippen LogP contribution >= 0.6 is 15.9 Å². The number of nitrogens with zero attached hydrogens (tertiary/aromatic N) is 1. The van der Waals surface area contributed by atoms with Gasteiger partial charge in [0.05, 0.1) is 17.3 Å². The smallest absolute Gasteiger partial charge is 0.274 e. The van der Waals surface area contributed by atoms with E-state index in [0.29, 0.717) is 22.5 Å². The van der Waals surface area contributed by atoms with E-state index in [4.69, 9.17) is 4.74 Å². The number of H-pyrrole nitrogens is 1. The molecule has 0 radical (unpaired) electrons. The summed E-state index contributed by atoms with van der Waals surface area (Å²) in [6.45, 7) is 4.49. The molecule has 1 aromatic carbocycles. The molecule has 5 nitrogen and oxygen atoms in total. The van der Waals surface area contributed by atoms with Gasteiger partial charge in [0.15, 0.2) is 0 Å². The Bertz CT molecular complexity index is 595. The Balaban J connectivity index is 2.14. The minimum Gasteiger partial charge on any atom is -0.494 e. The van der Waals surface area contributed by atoms with Crippen molar-refractivity contribution in [2.45, 2.75) is 13.8 Å². The maximum Gasteiger partial charge on any atom is 0.274 e. The summed E-state index contributed by atoms with van der Waals surface area (Å²) in [7, 11) is 0. The number of nitrogens with one attached hydrogen (secondary N) is 2.